The van der Waals surface area contributed by atoms with Crippen molar-refractivity contribution in [3.63, 3.8) is 0 Å². The normalized spacial score (nSPS) is 13.0. The van der Waals surface area contributed by atoms with Gasteiger partial charge < -0.3 is 10.3 Å². The molecule has 0 bridgehead atoms. The summed E-state index contributed by atoms with van der Waals surface area (Å²) in [6, 6.07) is 5.75. The Morgan fingerprint density at radius 1 is 1.37 bits per heavy atom. The van der Waals surface area contributed by atoms with Crippen molar-refractivity contribution < 1.29 is 4.79 Å². The van der Waals surface area contributed by atoms with Crippen LogP contribution in [0.3, 0.4) is 0 Å². The first kappa shape index (κ1) is 15.5. The average molecular weight is 263 g/mol. The molecule has 4 nitrogen and oxygen atoms in total. The summed E-state index contributed by atoms with van der Waals surface area (Å²) < 4.78 is 0. The van der Waals surface area contributed by atoms with Gasteiger partial charge in [-0.25, -0.2) is 0 Å². The van der Waals surface area contributed by atoms with Gasteiger partial charge in [-0.1, -0.05) is 26.8 Å². The molecule has 1 amide bonds. The van der Waals surface area contributed by atoms with Gasteiger partial charge in [0, 0.05) is 13.1 Å². The van der Waals surface area contributed by atoms with Gasteiger partial charge in [-0.2, -0.15) is 0 Å². The molecule has 0 saturated heterocycles. The molecular formula is C15H25N3O. The number of rotatable bonds is 3. The molecule has 0 aliphatic rings. The molecule has 19 heavy (non-hydrogen) atoms. The molecule has 106 valence electrons. The monoisotopic (exact) mass is 263 g/mol. The van der Waals surface area contributed by atoms with Crippen LogP contribution >= 0.6 is 0 Å². The zero-order valence-electron chi connectivity index (χ0n) is 12.7. The van der Waals surface area contributed by atoms with Crippen molar-refractivity contribution in [2.45, 2.75) is 40.7 Å². The quantitative estimate of drug-likeness (QED) is 0.651. The molecule has 0 saturated carbocycles. The fourth-order valence-electron chi connectivity index (χ4n) is 1.91. The second-order valence-electron chi connectivity index (χ2n) is 6.15. The highest BCUT2D eigenvalue weighted by molar-refractivity contribution is 5.99. The third kappa shape index (κ3) is 3.47. The maximum absolute atomic E-state index is 12.6. The van der Waals surface area contributed by atoms with E-state index in [1.165, 1.54) is 0 Å². The minimum absolute atomic E-state index is 0.0182. The molecule has 0 aliphatic heterocycles. The van der Waals surface area contributed by atoms with Crippen LogP contribution < -0.4 is 11.3 Å². The summed E-state index contributed by atoms with van der Waals surface area (Å²) in [5.41, 5.74) is 4.97. The number of aryl methyl sites for hydroxylation is 1. The SMILES string of the molecule is Cc1ccc(C(=O)N(C)C(C)C(C)(C)C)c(NN)c1. The van der Waals surface area contributed by atoms with Crippen molar-refractivity contribution in [1.29, 1.82) is 0 Å². The van der Waals surface area contributed by atoms with Crippen LogP contribution in [-0.2, 0) is 0 Å². The molecule has 0 aliphatic carbocycles. The molecule has 0 spiro atoms. The number of amides is 1. The molecular weight excluding hydrogens is 238 g/mol. The number of carbonyl (C=O) groups is 1. The van der Waals surface area contributed by atoms with Crippen molar-refractivity contribution in [2.75, 3.05) is 12.5 Å². The van der Waals surface area contributed by atoms with E-state index in [0.29, 0.717) is 11.3 Å². The van der Waals surface area contributed by atoms with Crippen LogP contribution in [0.4, 0.5) is 5.69 Å². The van der Waals surface area contributed by atoms with E-state index in [-0.39, 0.29) is 17.4 Å². The summed E-state index contributed by atoms with van der Waals surface area (Å²) >= 11 is 0. The van der Waals surface area contributed by atoms with Crippen molar-refractivity contribution in [3.8, 4) is 0 Å². The van der Waals surface area contributed by atoms with Crippen LogP contribution in [-0.4, -0.2) is 23.9 Å². The van der Waals surface area contributed by atoms with Crippen LogP contribution in [0.15, 0.2) is 18.2 Å². The number of nitrogens with zero attached hydrogens (tertiary/aromatic N) is 1. The molecule has 1 unspecified atom stereocenters. The van der Waals surface area contributed by atoms with E-state index >= 15 is 0 Å². The zero-order chi connectivity index (χ0) is 14.8. The van der Waals surface area contributed by atoms with Crippen LogP contribution in [0, 0.1) is 12.3 Å². The molecule has 1 atom stereocenters. The fraction of sp³-hybridized carbons (Fsp3) is 0.533. The summed E-state index contributed by atoms with van der Waals surface area (Å²) in [6.45, 7) is 10.4. The number of benzene rings is 1. The molecule has 3 N–H and O–H groups in total. The second-order valence-corrected chi connectivity index (χ2v) is 6.15. The van der Waals surface area contributed by atoms with Crippen LogP contribution in [0.25, 0.3) is 0 Å². The Kier molecular flexibility index (Phi) is 4.58. The lowest BCUT2D eigenvalue weighted by atomic mass is 9.87. The molecule has 0 radical (unpaired) electrons. The number of nitrogen functional groups attached to an aromatic ring is 1. The van der Waals surface area contributed by atoms with Gasteiger partial charge in [-0.05, 0) is 37.0 Å². The van der Waals surface area contributed by atoms with Gasteiger partial charge in [-0.3, -0.25) is 10.6 Å². The molecule has 1 aromatic rings. The van der Waals surface area contributed by atoms with Gasteiger partial charge in [0.1, 0.15) is 0 Å². The lowest BCUT2D eigenvalue weighted by Crippen LogP contribution is -2.43. The Morgan fingerprint density at radius 3 is 2.42 bits per heavy atom. The number of nitrogens with two attached hydrogens (primary N) is 1. The molecule has 0 fully saturated rings. The highest BCUT2D eigenvalue weighted by Gasteiger charge is 2.28. The summed E-state index contributed by atoms with van der Waals surface area (Å²) in [5, 5.41) is 0. The Morgan fingerprint density at radius 2 is 1.95 bits per heavy atom. The molecule has 0 aromatic heterocycles. The first-order valence-electron chi connectivity index (χ1n) is 6.53. The number of hydrogen-bond acceptors (Lipinski definition) is 3. The van der Waals surface area contributed by atoms with Crippen molar-refractivity contribution in [2.24, 2.45) is 11.3 Å². The van der Waals surface area contributed by atoms with E-state index in [0.717, 1.165) is 5.56 Å². The van der Waals surface area contributed by atoms with Gasteiger partial charge >= 0.3 is 0 Å². The Labute approximate surface area is 115 Å². The summed E-state index contributed by atoms with van der Waals surface area (Å²) in [6.07, 6.45) is 0. The third-order valence-electron chi connectivity index (χ3n) is 3.72. The van der Waals surface area contributed by atoms with E-state index in [1.807, 2.05) is 32.2 Å². The number of nitrogens with one attached hydrogen (secondary N) is 1. The van der Waals surface area contributed by atoms with Crippen LogP contribution in [0.2, 0.25) is 0 Å². The maximum Gasteiger partial charge on any atom is 0.256 e. The minimum Gasteiger partial charge on any atom is -0.338 e. The highest BCUT2D eigenvalue weighted by Crippen LogP contribution is 2.26. The first-order chi connectivity index (χ1) is 8.68. The first-order valence-corrected chi connectivity index (χ1v) is 6.53. The second kappa shape index (κ2) is 5.61. The topological polar surface area (TPSA) is 58.4 Å². The van der Waals surface area contributed by atoms with E-state index in [1.54, 1.807) is 4.90 Å². The molecule has 0 heterocycles. The van der Waals surface area contributed by atoms with Gasteiger partial charge in [0.2, 0.25) is 0 Å². The van der Waals surface area contributed by atoms with Gasteiger partial charge in [0.25, 0.3) is 5.91 Å². The number of hydrazine groups is 1. The average Bonchev–Trinajstić information content (AvgIpc) is 2.34. The summed E-state index contributed by atoms with van der Waals surface area (Å²) in [5.74, 6) is 5.48. The van der Waals surface area contributed by atoms with Crippen LogP contribution in [0.5, 0.6) is 0 Å². The van der Waals surface area contributed by atoms with Crippen LogP contribution in [0.1, 0.15) is 43.6 Å². The zero-order valence-corrected chi connectivity index (χ0v) is 12.7. The van der Waals surface area contributed by atoms with Crippen molar-refractivity contribution >= 4 is 11.6 Å². The number of hydrogen-bond donors (Lipinski definition) is 2. The van der Waals surface area contributed by atoms with Crippen molar-refractivity contribution in [1.82, 2.24) is 4.90 Å². The molecule has 4 heteroatoms. The Balaban J connectivity index is 3.07. The van der Waals surface area contributed by atoms with E-state index in [2.05, 4.69) is 33.1 Å². The van der Waals surface area contributed by atoms with E-state index < -0.39 is 0 Å². The molecule has 1 rings (SSSR count). The van der Waals surface area contributed by atoms with Crippen molar-refractivity contribution in [3.05, 3.63) is 29.3 Å². The minimum atomic E-state index is -0.0182. The number of anilines is 1. The van der Waals surface area contributed by atoms with Gasteiger partial charge in [-0.15, -0.1) is 0 Å². The fourth-order valence-corrected chi connectivity index (χ4v) is 1.91. The smallest absolute Gasteiger partial charge is 0.256 e. The predicted octanol–water partition coefficient (Wildman–Crippen LogP) is 2.79. The predicted molar refractivity (Wildman–Crippen MR) is 80.0 cm³/mol. The van der Waals surface area contributed by atoms with E-state index in [4.69, 9.17) is 5.84 Å². The summed E-state index contributed by atoms with van der Waals surface area (Å²) in [4.78, 5) is 14.3. The van der Waals surface area contributed by atoms with Gasteiger partial charge in [0.05, 0.1) is 11.3 Å². The summed E-state index contributed by atoms with van der Waals surface area (Å²) in [7, 11) is 1.83. The largest absolute Gasteiger partial charge is 0.338 e. The van der Waals surface area contributed by atoms with E-state index in [9.17, 15) is 4.79 Å². The Hall–Kier alpha value is -1.55. The number of carbonyl (C=O) groups excluding carboxylic acids is 1. The lowest BCUT2D eigenvalue weighted by Gasteiger charge is -2.35. The van der Waals surface area contributed by atoms with Gasteiger partial charge in [0.15, 0.2) is 0 Å². The standard InChI is InChI=1S/C15H25N3O/c1-10-7-8-12(13(9-10)17-16)14(19)18(6)11(2)15(3,4)5/h7-9,11,17H,16H2,1-6H3. The highest BCUT2D eigenvalue weighted by atomic mass is 16.2. The maximum atomic E-state index is 12.6. The Bertz CT molecular complexity index is 463. The lowest BCUT2D eigenvalue weighted by molar-refractivity contribution is 0.0630. The molecule has 1 aromatic carbocycles. The third-order valence-corrected chi connectivity index (χ3v) is 3.72.